The highest BCUT2D eigenvalue weighted by Crippen LogP contribution is 2.04. The molecule has 0 aliphatic heterocycles. The first kappa shape index (κ1) is 16.4. The van der Waals surface area contributed by atoms with Gasteiger partial charge in [0.05, 0.1) is 6.61 Å². The van der Waals surface area contributed by atoms with Crippen LogP contribution in [0, 0.1) is 0 Å². The summed E-state index contributed by atoms with van der Waals surface area (Å²) in [7, 11) is 2.10. The zero-order valence-corrected chi connectivity index (χ0v) is 12.0. The van der Waals surface area contributed by atoms with Crippen LogP contribution in [0.4, 0.5) is 0 Å². The molecule has 1 N–H and O–H groups in total. The second-order valence-corrected chi connectivity index (χ2v) is 4.39. The highest BCUT2D eigenvalue weighted by atomic mass is 16.5. The third-order valence-electron chi connectivity index (χ3n) is 3.14. The summed E-state index contributed by atoms with van der Waals surface area (Å²) in [6.45, 7) is 10.4. The van der Waals surface area contributed by atoms with Gasteiger partial charge < -0.3 is 15.0 Å². The summed E-state index contributed by atoms with van der Waals surface area (Å²) in [5.41, 5.74) is 0. The number of nitrogens with zero attached hydrogens (tertiary/aromatic N) is 1. The number of carbonyl (C=O) groups excluding carboxylic acids is 1. The molecular weight excluding hydrogens is 216 g/mol. The van der Waals surface area contributed by atoms with Crippen LogP contribution in [0.1, 0.15) is 40.5 Å². The molecule has 0 aromatic heterocycles. The minimum absolute atomic E-state index is 0.132. The number of rotatable bonds is 9. The molecule has 0 aliphatic carbocycles. The maximum absolute atomic E-state index is 11.7. The highest BCUT2D eigenvalue weighted by Gasteiger charge is 2.19. The summed E-state index contributed by atoms with van der Waals surface area (Å²) in [5, 5.41) is 3.18. The van der Waals surface area contributed by atoms with Crippen LogP contribution in [-0.2, 0) is 9.53 Å². The van der Waals surface area contributed by atoms with Gasteiger partial charge in [-0.15, -0.1) is 0 Å². The van der Waals surface area contributed by atoms with E-state index < -0.39 is 0 Å². The standard InChI is InChI=1S/C13H28N2O2/c1-6-11(4)15(5)10-9-12(14-7-2)13(16)17-8-3/h11-12,14H,6-10H2,1-5H3. The first-order valence-electron chi connectivity index (χ1n) is 6.66. The highest BCUT2D eigenvalue weighted by molar-refractivity contribution is 5.75. The number of nitrogens with one attached hydrogen (secondary N) is 1. The van der Waals surface area contributed by atoms with Gasteiger partial charge in [-0.3, -0.25) is 4.79 Å². The fourth-order valence-corrected chi connectivity index (χ4v) is 1.66. The van der Waals surface area contributed by atoms with Crippen LogP contribution in [0.2, 0.25) is 0 Å². The molecular formula is C13H28N2O2. The molecule has 102 valence electrons. The summed E-state index contributed by atoms with van der Waals surface area (Å²) in [5.74, 6) is -0.132. The van der Waals surface area contributed by atoms with Crippen LogP contribution < -0.4 is 5.32 Å². The van der Waals surface area contributed by atoms with Gasteiger partial charge in [0.25, 0.3) is 0 Å². The van der Waals surface area contributed by atoms with E-state index in [1.807, 2.05) is 13.8 Å². The maximum Gasteiger partial charge on any atom is 0.323 e. The average molecular weight is 244 g/mol. The van der Waals surface area contributed by atoms with Crippen molar-refractivity contribution in [2.24, 2.45) is 0 Å². The molecule has 2 unspecified atom stereocenters. The third kappa shape index (κ3) is 6.64. The molecule has 0 saturated carbocycles. The average Bonchev–Trinajstić information content (AvgIpc) is 2.33. The van der Waals surface area contributed by atoms with Crippen LogP contribution in [0.25, 0.3) is 0 Å². The van der Waals surface area contributed by atoms with E-state index in [2.05, 4.69) is 31.1 Å². The number of hydrogen-bond donors (Lipinski definition) is 1. The fourth-order valence-electron chi connectivity index (χ4n) is 1.66. The Labute approximate surface area is 106 Å². The van der Waals surface area contributed by atoms with Crippen LogP contribution >= 0.6 is 0 Å². The fraction of sp³-hybridized carbons (Fsp3) is 0.923. The van der Waals surface area contributed by atoms with Crippen LogP contribution in [-0.4, -0.2) is 49.7 Å². The van der Waals surface area contributed by atoms with E-state index in [4.69, 9.17) is 4.74 Å². The van der Waals surface area contributed by atoms with E-state index in [1.54, 1.807) is 0 Å². The molecule has 4 heteroatoms. The van der Waals surface area contributed by atoms with E-state index in [1.165, 1.54) is 0 Å². The molecule has 0 fully saturated rings. The van der Waals surface area contributed by atoms with Gasteiger partial charge in [-0.25, -0.2) is 0 Å². The Morgan fingerprint density at radius 2 is 2.00 bits per heavy atom. The zero-order chi connectivity index (χ0) is 13.3. The molecule has 0 saturated heterocycles. The number of ether oxygens (including phenoxy) is 1. The van der Waals surface area contributed by atoms with Gasteiger partial charge in [-0.1, -0.05) is 13.8 Å². The summed E-state index contributed by atoms with van der Waals surface area (Å²) in [6, 6.07) is 0.380. The van der Waals surface area contributed by atoms with Crippen molar-refractivity contribution in [1.82, 2.24) is 10.2 Å². The first-order chi connectivity index (χ1) is 8.06. The van der Waals surface area contributed by atoms with Crippen molar-refractivity contribution < 1.29 is 9.53 Å². The summed E-state index contributed by atoms with van der Waals surface area (Å²) >= 11 is 0. The molecule has 0 spiro atoms. The predicted octanol–water partition coefficient (Wildman–Crippen LogP) is 1.65. The van der Waals surface area contributed by atoms with Gasteiger partial charge >= 0.3 is 5.97 Å². The minimum Gasteiger partial charge on any atom is -0.465 e. The topological polar surface area (TPSA) is 41.6 Å². The van der Waals surface area contributed by atoms with Crippen LogP contribution in [0.5, 0.6) is 0 Å². The maximum atomic E-state index is 11.7. The second-order valence-electron chi connectivity index (χ2n) is 4.39. The summed E-state index contributed by atoms with van der Waals surface area (Å²) in [4.78, 5) is 14.0. The molecule has 0 aliphatic rings. The van der Waals surface area contributed by atoms with E-state index in [0.717, 1.165) is 25.9 Å². The van der Waals surface area contributed by atoms with Gasteiger partial charge in [0.15, 0.2) is 0 Å². The normalized spacial score (nSPS) is 14.7. The Balaban J connectivity index is 4.12. The number of esters is 1. The Hall–Kier alpha value is -0.610. The van der Waals surface area contributed by atoms with E-state index in [9.17, 15) is 4.79 Å². The van der Waals surface area contributed by atoms with Crippen molar-refractivity contribution in [3.63, 3.8) is 0 Å². The van der Waals surface area contributed by atoms with Gasteiger partial charge in [-0.05, 0) is 40.3 Å². The van der Waals surface area contributed by atoms with Crippen LogP contribution in [0.3, 0.4) is 0 Å². The Morgan fingerprint density at radius 3 is 2.47 bits per heavy atom. The van der Waals surface area contributed by atoms with Gasteiger partial charge in [0.2, 0.25) is 0 Å². The smallest absolute Gasteiger partial charge is 0.323 e. The first-order valence-corrected chi connectivity index (χ1v) is 6.66. The summed E-state index contributed by atoms with van der Waals surface area (Å²) in [6.07, 6.45) is 1.93. The number of likely N-dealkylation sites (N-methyl/N-ethyl adjacent to an activating group) is 1. The summed E-state index contributed by atoms with van der Waals surface area (Å²) < 4.78 is 5.06. The van der Waals surface area contributed by atoms with Crippen molar-refractivity contribution in [3.05, 3.63) is 0 Å². The van der Waals surface area contributed by atoms with Crippen molar-refractivity contribution in [1.29, 1.82) is 0 Å². The van der Waals surface area contributed by atoms with E-state index in [0.29, 0.717) is 12.6 Å². The molecule has 0 radical (unpaired) electrons. The minimum atomic E-state index is -0.175. The SMILES string of the molecule is CCNC(CCN(C)C(C)CC)C(=O)OCC. The van der Waals surface area contributed by atoms with Gasteiger partial charge in [-0.2, -0.15) is 0 Å². The molecule has 0 aromatic rings. The molecule has 0 bridgehead atoms. The van der Waals surface area contributed by atoms with Crippen molar-refractivity contribution >= 4 is 5.97 Å². The van der Waals surface area contributed by atoms with E-state index >= 15 is 0 Å². The Morgan fingerprint density at radius 1 is 1.35 bits per heavy atom. The molecule has 0 amide bonds. The molecule has 0 aromatic carbocycles. The Bertz CT molecular complexity index is 210. The van der Waals surface area contributed by atoms with Gasteiger partial charge in [0, 0.05) is 12.6 Å². The molecule has 2 atom stereocenters. The quantitative estimate of drug-likeness (QED) is 0.626. The van der Waals surface area contributed by atoms with E-state index in [-0.39, 0.29) is 12.0 Å². The lowest BCUT2D eigenvalue weighted by Gasteiger charge is -2.25. The largest absolute Gasteiger partial charge is 0.465 e. The van der Waals surface area contributed by atoms with Crippen molar-refractivity contribution in [2.45, 2.75) is 52.6 Å². The number of hydrogen-bond acceptors (Lipinski definition) is 4. The molecule has 4 nitrogen and oxygen atoms in total. The lowest BCUT2D eigenvalue weighted by Crippen LogP contribution is -2.41. The van der Waals surface area contributed by atoms with Gasteiger partial charge in [0.1, 0.15) is 6.04 Å². The second kappa shape index (κ2) is 9.42. The molecule has 0 rings (SSSR count). The monoisotopic (exact) mass is 244 g/mol. The van der Waals surface area contributed by atoms with Crippen molar-refractivity contribution in [3.8, 4) is 0 Å². The zero-order valence-electron chi connectivity index (χ0n) is 12.0. The number of carbonyl (C=O) groups is 1. The molecule has 17 heavy (non-hydrogen) atoms. The third-order valence-corrected chi connectivity index (χ3v) is 3.14. The molecule has 0 heterocycles. The Kier molecular flexibility index (Phi) is 9.09. The van der Waals surface area contributed by atoms with Crippen LogP contribution in [0.15, 0.2) is 0 Å². The predicted molar refractivity (Wildman–Crippen MR) is 71.1 cm³/mol. The lowest BCUT2D eigenvalue weighted by atomic mass is 10.1. The lowest BCUT2D eigenvalue weighted by molar-refractivity contribution is -0.145. The van der Waals surface area contributed by atoms with Crippen molar-refractivity contribution in [2.75, 3.05) is 26.7 Å².